The van der Waals surface area contributed by atoms with Gasteiger partial charge in [0.25, 0.3) is 11.6 Å². The van der Waals surface area contributed by atoms with Gasteiger partial charge in [0.2, 0.25) is 5.91 Å². The third-order valence-electron chi connectivity index (χ3n) is 3.17. The van der Waals surface area contributed by atoms with Gasteiger partial charge in [-0.3, -0.25) is 19.7 Å². The van der Waals surface area contributed by atoms with Crippen molar-refractivity contribution in [2.45, 2.75) is 12.5 Å². The Kier molecular flexibility index (Phi) is 3.55. The number of hydrogen-bond acceptors (Lipinski definition) is 5. The molecule has 0 aromatic heterocycles. The van der Waals surface area contributed by atoms with Crippen molar-refractivity contribution in [1.82, 2.24) is 10.2 Å². The maximum atomic E-state index is 12.0. The molecule has 1 aromatic rings. The third-order valence-corrected chi connectivity index (χ3v) is 3.17. The lowest BCUT2D eigenvalue weighted by Gasteiger charge is -2.12. The highest BCUT2D eigenvalue weighted by molar-refractivity contribution is 5.96. The first-order valence-electron chi connectivity index (χ1n) is 5.97. The molecule has 1 aliphatic rings. The Labute approximate surface area is 114 Å². The lowest BCUT2D eigenvalue weighted by molar-refractivity contribution is -0.383. The van der Waals surface area contributed by atoms with Crippen molar-refractivity contribution in [3.05, 3.63) is 33.9 Å². The number of rotatable bonds is 3. The highest BCUT2D eigenvalue weighted by Gasteiger charge is 2.28. The van der Waals surface area contributed by atoms with Crippen LogP contribution in [0, 0.1) is 10.1 Å². The summed E-state index contributed by atoms with van der Waals surface area (Å²) in [6.45, 7) is 0.432. The number of nitro benzene ring substituents is 1. The van der Waals surface area contributed by atoms with Crippen LogP contribution in [0.2, 0.25) is 0 Å². The quantitative estimate of drug-likeness (QED) is 0.463. The lowest BCUT2D eigenvalue weighted by Crippen LogP contribution is -2.36. The summed E-state index contributed by atoms with van der Waals surface area (Å²) >= 11 is 0. The fourth-order valence-corrected chi connectivity index (χ4v) is 2.07. The molecule has 2 rings (SSSR count). The zero-order valence-corrected chi connectivity index (χ0v) is 10.8. The minimum absolute atomic E-state index is 0.00216. The van der Waals surface area contributed by atoms with Gasteiger partial charge in [0.15, 0.2) is 0 Å². The topological polar surface area (TPSA) is 119 Å². The number of likely N-dealkylation sites (N-methyl/N-ethyl adjacent to an activating group) is 1. The molecule has 1 aromatic carbocycles. The molecular formula is C12H14N4O4. The van der Waals surface area contributed by atoms with E-state index in [0.29, 0.717) is 6.54 Å². The number of nitrogens with one attached hydrogen (secondary N) is 1. The molecule has 1 atom stereocenters. The van der Waals surface area contributed by atoms with E-state index in [-0.39, 0.29) is 35.3 Å². The Balaban J connectivity index is 2.12. The number of nitrogens with two attached hydrogens (primary N) is 1. The molecule has 8 nitrogen and oxygen atoms in total. The van der Waals surface area contributed by atoms with Gasteiger partial charge in [-0.25, -0.2) is 0 Å². The van der Waals surface area contributed by atoms with Gasteiger partial charge >= 0.3 is 0 Å². The SMILES string of the molecule is CN1CC(NC(=O)c2ccc(N)c([N+](=O)[O-])c2)CC1=O. The van der Waals surface area contributed by atoms with E-state index < -0.39 is 10.8 Å². The molecule has 1 heterocycles. The number of nitrogen functional groups attached to an aromatic ring is 1. The van der Waals surface area contributed by atoms with E-state index in [9.17, 15) is 19.7 Å². The first-order chi connectivity index (χ1) is 9.38. The average Bonchev–Trinajstić information content (AvgIpc) is 2.68. The van der Waals surface area contributed by atoms with Crippen molar-refractivity contribution in [1.29, 1.82) is 0 Å². The first kappa shape index (κ1) is 13.8. The predicted octanol–water partition coefficient (Wildman–Crippen LogP) is 0.137. The molecule has 8 heteroatoms. The normalized spacial score (nSPS) is 18.1. The second-order valence-electron chi connectivity index (χ2n) is 4.68. The van der Waals surface area contributed by atoms with E-state index in [4.69, 9.17) is 5.73 Å². The van der Waals surface area contributed by atoms with Gasteiger partial charge in [-0.05, 0) is 12.1 Å². The van der Waals surface area contributed by atoms with Crippen LogP contribution in [-0.4, -0.2) is 41.3 Å². The zero-order valence-electron chi connectivity index (χ0n) is 10.8. The summed E-state index contributed by atoms with van der Waals surface area (Å²) in [5.74, 6) is -0.500. The van der Waals surface area contributed by atoms with Crippen molar-refractivity contribution in [2.75, 3.05) is 19.3 Å². The summed E-state index contributed by atoms with van der Waals surface area (Å²) in [4.78, 5) is 35.0. The van der Waals surface area contributed by atoms with Gasteiger partial charge in [-0.1, -0.05) is 0 Å². The van der Waals surface area contributed by atoms with Crippen molar-refractivity contribution < 1.29 is 14.5 Å². The summed E-state index contributed by atoms with van der Waals surface area (Å²) in [7, 11) is 1.66. The number of anilines is 1. The molecule has 1 saturated heterocycles. The van der Waals surface area contributed by atoms with E-state index in [1.807, 2.05) is 0 Å². The number of benzene rings is 1. The molecule has 0 saturated carbocycles. The van der Waals surface area contributed by atoms with Crippen LogP contribution in [0.15, 0.2) is 18.2 Å². The standard InChI is InChI=1S/C12H14N4O4/c1-15-6-8(5-11(15)17)14-12(18)7-2-3-9(13)10(4-7)16(19)20/h2-4,8H,5-6,13H2,1H3,(H,14,18). The van der Waals surface area contributed by atoms with E-state index in [2.05, 4.69) is 5.32 Å². The number of hydrogen-bond donors (Lipinski definition) is 2. The van der Waals surface area contributed by atoms with Crippen LogP contribution in [0.1, 0.15) is 16.8 Å². The molecule has 20 heavy (non-hydrogen) atoms. The summed E-state index contributed by atoms with van der Waals surface area (Å²) in [6, 6.07) is 3.58. The zero-order chi connectivity index (χ0) is 14.9. The van der Waals surface area contributed by atoms with Crippen LogP contribution in [0.25, 0.3) is 0 Å². The highest BCUT2D eigenvalue weighted by Crippen LogP contribution is 2.22. The van der Waals surface area contributed by atoms with Gasteiger partial charge < -0.3 is 16.0 Å². The summed E-state index contributed by atoms with van der Waals surface area (Å²) in [6.07, 6.45) is 0.235. The Morgan fingerprint density at radius 2 is 2.25 bits per heavy atom. The maximum Gasteiger partial charge on any atom is 0.292 e. The average molecular weight is 278 g/mol. The Morgan fingerprint density at radius 3 is 2.80 bits per heavy atom. The molecule has 2 amide bonds. The van der Waals surface area contributed by atoms with E-state index in [0.717, 1.165) is 6.07 Å². The minimum Gasteiger partial charge on any atom is -0.393 e. The number of likely N-dealkylation sites (tertiary alicyclic amines) is 1. The number of amides is 2. The minimum atomic E-state index is -0.640. The molecule has 1 aliphatic heterocycles. The van der Waals surface area contributed by atoms with Crippen molar-refractivity contribution >= 4 is 23.2 Å². The highest BCUT2D eigenvalue weighted by atomic mass is 16.6. The van der Waals surface area contributed by atoms with Gasteiger partial charge in [0.1, 0.15) is 5.69 Å². The second-order valence-corrected chi connectivity index (χ2v) is 4.68. The predicted molar refractivity (Wildman–Crippen MR) is 71.0 cm³/mol. The number of carbonyl (C=O) groups excluding carboxylic acids is 2. The molecule has 0 bridgehead atoms. The van der Waals surface area contributed by atoms with E-state index in [1.165, 1.54) is 17.0 Å². The first-order valence-corrected chi connectivity index (χ1v) is 5.97. The van der Waals surface area contributed by atoms with Crippen LogP contribution in [0.5, 0.6) is 0 Å². The third kappa shape index (κ3) is 2.68. The fourth-order valence-electron chi connectivity index (χ4n) is 2.07. The van der Waals surface area contributed by atoms with Crippen LogP contribution in [0.4, 0.5) is 11.4 Å². The van der Waals surface area contributed by atoms with Crippen LogP contribution < -0.4 is 11.1 Å². The number of nitro groups is 1. The fraction of sp³-hybridized carbons (Fsp3) is 0.333. The summed E-state index contributed by atoms with van der Waals surface area (Å²) in [5.41, 5.74) is 5.31. The summed E-state index contributed by atoms with van der Waals surface area (Å²) in [5, 5.41) is 13.4. The lowest BCUT2D eigenvalue weighted by atomic mass is 10.1. The smallest absolute Gasteiger partial charge is 0.292 e. The van der Waals surface area contributed by atoms with E-state index >= 15 is 0 Å². The van der Waals surface area contributed by atoms with Gasteiger partial charge in [-0.15, -0.1) is 0 Å². The number of nitrogens with zero attached hydrogens (tertiary/aromatic N) is 2. The molecule has 106 valence electrons. The second kappa shape index (κ2) is 5.16. The Morgan fingerprint density at radius 1 is 1.55 bits per heavy atom. The molecule has 0 radical (unpaired) electrons. The number of carbonyl (C=O) groups is 2. The molecule has 0 spiro atoms. The van der Waals surface area contributed by atoms with Crippen molar-refractivity contribution in [3.8, 4) is 0 Å². The summed E-state index contributed by atoms with van der Waals surface area (Å²) < 4.78 is 0. The van der Waals surface area contributed by atoms with Gasteiger partial charge in [-0.2, -0.15) is 0 Å². The molecule has 0 aliphatic carbocycles. The Hall–Kier alpha value is -2.64. The van der Waals surface area contributed by atoms with Crippen LogP contribution >= 0.6 is 0 Å². The molecule has 1 unspecified atom stereocenters. The van der Waals surface area contributed by atoms with E-state index in [1.54, 1.807) is 7.05 Å². The molecular weight excluding hydrogens is 264 g/mol. The largest absolute Gasteiger partial charge is 0.393 e. The van der Waals surface area contributed by atoms with Gasteiger partial charge in [0, 0.05) is 31.6 Å². The maximum absolute atomic E-state index is 12.0. The van der Waals surface area contributed by atoms with Gasteiger partial charge in [0.05, 0.1) is 11.0 Å². The molecule has 3 N–H and O–H groups in total. The van der Waals surface area contributed by atoms with Crippen molar-refractivity contribution in [2.24, 2.45) is 0 Å². The van der Waals surface area contributed by atoms with Crippen LogP contribution in [0.3, 0.4) is 0 Å². The Bertz CT molecular complexity index is 587. The van der Waals surface area contributed by atoms with Crippen LogP contribution in [-0.2, 0) is 4.79 Å². The van der Waals surface area contributed by atoms with Crippen molar-refractivity contribution in [3.63, 3.8) is 0 Å². The monoisotopic (exact) mass is 278 g/mol. The molecule has 1 fully saturated rings.